The predicted molar refractivity (Wildman–Crippen MR) is 335 cm³/mol. The number of ether oxygens (including phenoxy) is 1. The number of phosphoric ester groups is 1. The molecular formula is C68H123N2O7P. The maximum absolute atomic E-state index is 13.5. The molecule has 0 aromatic carbocycles. The largest absolute Gasteiger partial charge is 0.756 e. The van der Waals surface area contributed by atoms with Crippen LogP contribution in [-0.4, -0.2) is 69.4 Å². The van der Waals surface area contributed by atoms with E-state index in [9.17, 15) is 19.0 Å². The first kappa shape index (κ1) is 75.2. The van der Waals surface area contributed by atoms with Crippen LogP contribution in [0.2, 0.25) is 0 Å². The zero-order valence-corrected chi connectivity index (χ0v) is 52.5. The summed E-state index contributed by atoms with van der Waals surface area (Å²) in [7, 11) is 1.17. The van der Waals surface area contributed by atoms with Crippen molar-refractivity contribution in [3.63, 3.8) is 0 Å². The molecule has 0 aliphatic heterocycles. The quantitative estimate of drug-likeness (QED) is 0.0212. The number of allylic oxidation sites excluding steroid dienone is 13. The topological polar surface area (TPSA) is 114 Å². The van der Waals surface area contributed by atoms with E-state index in [2.05, 4.69) is 99.0 Å². The summed E-state index contributed by atoms with van der Waals surface area (Å²) in [5, 5.41) is 3.02. The molecule has 0 radical (unpaired) electrons. The van der Waals surface area contributed by atoms with Gasteiger partial charge in [-0.05, 0) is 102 Å². The van der Waals surface area contributed by atoms with Crippen LogP contribution in [0.4, 0.5) is 0 Å². The Kier molecular flexibility index (Phi) is 55.4. The molecule has 0 bridgehead atoms. The number of rotatable bonds is 58. The molecule has 0 saturated heterocycles. The molecular weight excluding hydrogens is 988 g/mol. The Hall–Kier alpha value is -2.81. The van der Waals surface area contributed by atoms with Crippen molar-refractivity contribution in [1.29, 1.82) is 0 Å². The van der Waals surface area contributed by atoms with E-state index in [0.717, 1.165) is 96.3 Å². The van der Waals surface area contributed by atoms with Crippen molar-refractivity contribution in [3.8, 4) is 0 Å². The fraction of sp³-hybridized carbons (Fsp3) is 0.765. The van der Waals surface area contributed by atoms with Crippen molar-refractivity contribution in [2.45, 2.75) is 296 Å². The van der Waals surface area contributed by atoms with Crippen LogP contribution in [-0.2, 0) is 27.9 Å². The molecule has 9 nitrogen and oxygen atoms in total. The van der Waals surface area contributed by atoms with Gasteiger partial charge in [-0.3, -0.25) is 14.2 Å². The second kappa shape index (κ2) is 57.4. The lowest BCUT2D eigenvalue weighted by Gasteiger charge is -2.30. The zero-order chi connectivity index (χ0) is 57.2. The highest BCUT2D eigenvalue weighted by molar-refractivity contribution is 7.45. The van der Waals surface area contributed by atoms with Gasteiger partial charge in [0.25, 0.3) is 7.82 Å². The number of carbonyl (C=O) groups is 2. The van der Waals surface area contributed by atoms with Gasteiger partial charge < -0.3 is 28.5 Å². The second-order valence-electron chi connectivity index (χ2n) is 22.9. The number of esters is 1. The minimum atomic E-state index is -4.71. The van der Waals surface area contributed by atoms with Crippen LogP contribution < -0.4 is 10.2 Å². The first-order valence-electron chi connectivity index (χ1n) is 32.4. The number of unbranched alkanes of at least 4 members (excludes halogenated alkanes) is 30. The smallest absolute Gasteiger partial charge is 0.306 e. The van der Waals surface area contributed by atoms with Crippen molar-refractivity contribution in [3.05, 3.63) is 85.1 Å². The van der Waals surface area contributed by atoms with Crippen LogP contribution in [0.3, 0.4) is 0 Å². The number of hydrogen-bond donors (Lipinski definition) is 1. The van der Waals surface area contributed by atoms with E-state index in [0.29, 0.717) is 23.9 Å². The Labute approximate surface area is 482 Å². The number of likely N-dealkylation sites (N-methyl/N-ethyl adjacent to an activating group) is 1. The molecule has 0 rings (SSSR count). The van der Waals surface area contributed by atoms with E-state index < -0.39 is 26.6 Å². The van der Waals surface area contributed by atoms with Gasteiger partial charge in [-0.2, -0.15) is 0 Å². The molecule has 3 unspecified atom stereocenters. The third-order valence-corrected chi connectivity index (χ3v) is 15.0. The standard InChI is InChI=1S/C68H123N2O7P/c1-7-10-13-16-19-22-25-27-29-30-31-32-33-34-35-36-37-38-39-40-41-42-45-48-51-54-57-60-67(71)69-65(64-76-78(73,74)75-63-62-70(4,5)6)66(59-56-53-50-47-44-24-21-18-15-12-9-3)77-68(72)61-58-55-52-49-46-43-28-26-23-20-17-14-11-8-2/h11,14,19-20,22-23,27-29,31-32,43,56,59,65-66H,7-10,12-13,15-18,21,24-26,30,33-42,44-55,57-58,60-64H2,1-6H3,(H-,69,71,73,74)/b14-11+,22-19-,23-20+,29-27-,32-31-,43-28+,59-56-. The molecule has 0 aromatic rings. The van der Waals surface area contributed by atoms with Gasteiger partial charge in [0.05, 0.1) is 33.8 Å². The van der Waals surface area contributed by atoms with Crippen molar-refractivity contribution in [2.75, 3.05) is 40.9 Å². The minimum Gasteiger partial charge on any atom is -0.756 e. The highest BCUT2D eigenvalue weighted by Gasteiger charge is 2.27. The molecule has 0 spiro atoms. The van der Waals surface area contributed by atoms with Crippen LogP contribution in [0.1, 0.15) is 284 Å². The highest BCUT2D eigenvalue weighted by atomic mass is 31.2. The van der Waals surface area contributed by atoms with Gasteiger partial charge >= 0.3 is 5.97 Å². The van der Waals surface area contributed by atoms with E-state index in [1.165, 1.54) is 148 Å². The van der Waals surface area contributed by atoms with Gasteiger partial charge in [0.2, 0.25) is 5.91 Å². The van der Waals surface area contributed by atoms with E-state index >= 15 is 0 Å². The Morgan fingerprint density at radius 3 is 1.26 bits per heavy atom. The molecule has 452 valence electrons. The molecule has 0 heterocycles. The van der Waals surface area contributed by atoms with Crippen molar-refractivity contribution in [2.24, 2.45) is 0 Å². The number of carbonyl (C=O) groups excluding carboxylic acids is 2. The van der Waals surface area contributed by atoms with Gasteiger partial charge in [0.1, 0.15) is 19.3 Å². The third kappa shape index (κ3) is 57.9. The summed E-state index contributed by atoms with van der Waals surface area (Å²) >= 11 is 0. The van der Waals surface area contributed by atoms with E-state index in [1.807, 2.05) is 33.3 Å². The highest BCUT2D eigenvalue weighted by Crippen LogP contribution is 2.38. The maximum Gasteiger partial charge on any atom is 0.306 e. The summed E-state index contributed by atoms with van der Waals surface area (Å²) in [6.45, 7) is 6.69. The molecule has 78 heavy (non-hydrogen) atoms. The van der Waals surface area contributed by atoms with Crippen LogP contribution in [0.5, 0.6) is 0 Å². The molecule has 0 saturated carbocycles. The summed E-state index contributed by atoms with van der Waals surface area (Å²) in [6, 6.07) is -0.901. The lowest BCUT2D eigenvalue weighted by atomic mass is 10.0. The zero-order valence-electron chi connectivity index (χ0n) is 51.6. The summed E-state index contributed by atoms with van der Waals surface area (Å²) in [4.78, 5) is 40.0. The summed E-state index contributed by atoms with van der Waals surface area (Å²) in [5.74, 6) is -0.567. The van der Waals surface area contributed by atoms with Crippen LogP contribution in [0, 0.1) is 0 Å². The van der Waals surface area contributed by atoms with Crippen LogP contribution in [0.15, 0.2) is 85.1 Å². The van der Waals surface area contributed by atoms with Crippen LogP contribution >= 0.6 is 7.82 Å². The fourth-order valence-corrected chi connectivity index (χ4v) is 9.80. The first-order chi connectivity index (χ1) is 37.9. The van der Waals surface area contributed by atoms with Gasteiger partial charge in [0.15, 0.2) is 0 Å². The normalized spacial score (nSPS) is 14.2. The number of nitrogens with one attached hydrogen (secondary N) is 1. The first-order valence-corrected chi connectivity index (χ1v) is 33.9. The molecule has 0 aliphatic carbocycles. The number of quaternary nitrogens is 1. The number of hydrogen-bond acceptors (Lipinski definition) is 7. The Morgan fingerprint density at radius 2 is 0.821 bits per heavy atom. The molecule has 3 atom stereocenters. The van der Waals surface area contributed by atoms with E-state index in [-0.39, 0.29) is 24.9 Å². The Bertz CT molecular complexity index is 1610. The van der Waals surface area contributed by atoms with Crippen LogP contribution in [0.25, 0.3) is 0 Å². The predicted octanol–water partition coefficient (Wildman–Crippen LogP) is 19.5. The number of amides is 1. The molecule has 1 N–H and O–H groups in total. The van der Waals surface area contributed by atoms with Crippen molar-refractivity contribution >= 4 is 19.7 Å². The lowest BCUT2D eigenvalue weighted by Crippen LogP contribution is -2.47. The van der Waals surface area contributed by atoms with Crippen molar-refractivity contribution in [1.82, 2.24) is 5.32 Å². The maximum atomic E-state index is 13.5. The number of phosphoric acid groups is 1. The SMILES string of the molecule is CC/C=C/C/C=C/C/C=C/CCCCCCC(=O)OC(/C=C\CCCCCCCCCCC)C(COP(=O)([O-])OCC[N+](C)(C)C)NC(=O)CCCCCCCCCCCCCCCC/C=C\C/C=C\C/C=C\CCCCC. The number of nitrogens with zero attached hydrogens (tertiary/aromatic N) is 1. The minimum absolute atomic E-state index is 0.0288. The van der Waals surface area contributed by atoms with Gasteiger partial charge in [0, 0.05) is 12.8 Å². The average molecular weight is 1110 g/mol. The second-order valence-corrected chi connectivity index (χ2v) is 24.3. The third-order valence-electron chi connectivity index (χ3n) is 14.1. The molecule has 0 aromatic heterocycles. The molecule has 0 aliphatic rings. The monoisotopic (exact) mass is 1110 g/mol. The van der Waals surface area contributed by atoms with E-state index in [4.69, 9.17) is 13.8 Å². The van der Waals surface area contributed by atoms with Gasteiger partial charge in [-0.25, -0.2) is 0 Å². The average Bonchev–Trinajstić information content (AvgIpc) is 3.40. The lowest BCUT2D eigenvalue weighted by molar-refractivity contribution is -0.870. The van der Waals surface area contributed by atoms with Gasteiger partial charge in [-0.15, -0.1) is 0 Å². The Morgan fingerprint density at radius 1 is 0.462 bits per heavy atom. The Balaban J connectivity index is 5.03. The molecule has 0 fully saturated rings. The molecule has 10 heteroatoms. The summed E-state index contributed by atoms with van der Waals surface area (Å²) in [5.41, 5.74) is 0. The summed E-state index contributed by atoms with van der Waals surface area (Å²) in [6.07, 6.45) is 75.6. The fourth-order valence-electron chi connectivity index (χ4n) is 9.07. The van der Waals surface area contributed by atoms with E-state index in [1.54, 1.807) is 0 Å². The van der Waals surface area contributed by atoms with Gasteiger partial charge in [-0.1, -0.05) is 254 Å². The summed E-state index contributed by atoms with van der Waals surface area (Å²) < 4.78 is 30.3. The van der Waals surface area contributed by atoms with Crippen molar-refractivity contribution < 1.29 is 37.3 Å². The molecule has 1 amide bonds.